The molecule has 0 spiro atoms. The monoisotopic (exact) mass is 431 g/mol. The Bertz CT molecular complexity index is 968. The van der Waals surface area contributed by atoms with Crippen LogP contribution in [-0.4, -0.2) is 34.4 Å². The van der Waals surface area contributed by atoms with Gasteiger partial charge >= 0.3 is 0 Å². The van der Waals surface area contributed by atoms with Gasteiger partial charge in [0.1, 0.15) is 11.8 Å². The summed E-state index contributed by atoms with van der Waals surface area (Å²) in [6.07, 6.45) is 0.945. The predicted molar refractivity (Wildman–Crippen MR) is 125 cm³/mol. The standard InChI is InChI=1S/C26H29N3O3/c27-17-7-12-23(25(28)31)29(18-19-13-15-22(30)16-14-19)26(32)24(20-8-3-1-4-9-20)21-10-5-2-6-11-21/h1-6,8-11,13-16,23-24,30H,7,12,17-18,27H2,(H2,28,31)/t23-/m1/s1. The molecule has 0 aliphatic heterocycles. The molecule has 166 valence electrons. The molecule has 2 amide bonds. The number of carbonyl (C=O) groups is 2. The maximum Gasteiger partial charge on any atom is 0.240 e. The number of carbonyl (C=O) groups excluding carboxylic acids is 2. The van der Waals surface area contributed by atoms with Gasteiger partial charge in [0.2, 0.25) is 11.8 Å². The van der Waals surface area contributed by atoms with E-state index in [9.17, 15) is 14.7 Å². The first-order valence-electron chi connectivity index (χ1n) is 10.7. The van der Waals surface area contributed by atoms with Gasteiger partial charge in [-0.05, 0) is 48.2 Å². The predicted octanol–water partition coefficient (Wildman–Crippen LogP) is 3.15. The Morgan fingerprint density at radius 1 is 0.844 bits per heavy atom. The molecule has 0 aliphatic carbocycles. The van der Waals surface area contributed by atoms with E-state index in [-0.39, 0.29) is 18.2 Å². The third-order valence-corrected chi connectivity index (χ3v) is 5.47. The maximum atomic E-state index is 14.1. The van der Waals surface area contributed by atoms with Crippen molar-refractivity contribution < 1.29 is 14.7 Å². The van der Waals surface area contributed by atoms with Gasteiger partial charge in [-0.25, -0.2) is 0 Å². The Labute approximate surface area is 188 Å². The van der Waals surface area contributed by atoms with E-state index in [0.717, 1.165) is 16.7 Å². The molecule has 5 N–H and O–H groups in total. The summed E-state index contributed by atoms with van der Waals surface area (Å²) in [7, 11) is 0. The molecule has 0 bridgehead atoms. The molecule has 3 rings (SSSR count). The number of nitrogens with zero attached hydrogens (tertiary/aromatic N) is 1. The summed E-state index contributed by atoms with van der Waals surface area (Å²) in [5, 5.41) is 9.63. The van der Waals surface area contributed by atoms with E-state index in [1.807, 2.05) is 60.7 Å². The fourth-order valence-corrected chi connectivity index (χ4v) is 3.84. The highest BCUT2D eigenvalue weighted by Crippen LogP contribution is 2.29. The number of phenolic OH excluding ortho intramolecular Hbond substituents is 1. The second-order valence-corrected chi connectivity index (χ2v) is 7.74. The van der Waals surface area contributed by atoms with Crippen LogP contribution in [-0.2, 0) is 16.1 Å². The van der Waals surface area contributed by atoms with Crippen LogP contribution in [0.2, 0.25) is 0 Å². The van der Waals surface area contributed by atoms with E-state index in [0.29, 0.717) is 19.4 Å². The molecule has 0 saturated heterocycles. The van der Waals surface area contributed by atoms with Gasteiger partial charge in [-0.15, -0.1) is 0 Å². The average Bonchev–Trinajstić information content (AvgIpc) is 2.81. The average molecular weight is 432 g/mol. The van der Waals surface area contributed by atoms with Gasteiger partial charge in [-0.3, -0.25) is 9.59 Å². The summed E-state index contributed by atoms with van der Waals surface area (Å²) in [4.78, 5) is 28.1. The van der Waals surface area contributed by atoms with E-state index in [2.05, 4.69) is 0 Å². The normalized spacial score (nSPS) is 11.8. The Kier molecular flexibility index (Phi) is 8.00. The molecular weight excluding hydrogens is 402 g/mol. The van der Waals surface area contributed by atoms with Gasteiger partial charge in [0, 0.05) is 6.54 Å². The summed E-state index contributed by atoms with van der Waals surface area (Å²) in [5.41, 5.74) is 13.9. The lowest BCUT2D eigenvalue weighted by molar-refractivity contribution is -0.141. The van der Waals surface area contributed by atoms with E-state index >= 15 is 0 Å². The van der Waals surface area contributed by atoms with Gasteiger partial charge in [0.25, 0.3) is 0 Å². The van der Waals surface area contributed by atoms with Gasteiger partial charge in [-0.1, -0.05) is 72.8 Å². The van der Waals surface area contributed by atoms with Crippen LogP contribution in [0.15, 0.2) is 84.9 Å². The molecule has 3 aromatic carbocycles. The molecule has 32 heavy (non-hydrogen) atoms. The smallest absolute Gasteiger partial charge is 0.240 e. The van der Waals surface area contributed by atoms with Crippen molar-refractivity contribution in [1.82, 2.24) is 4.90 Å². The van der Waals surface area contributed by atoms with Crippen LogP contribution in [0.4, 0.5) is 0 Å². The quantitative estimate of drug-likeness (QED) is 0.458. The lowest BCUT2D eigenvalue weighted by Crippen LogP contribution is -2.49. The van der Waals surface area contributed by atoms with Crippen molar-refractivity contribution in [1.29, 1.82) is 0 Å². The van der Waals surface area contributed by atoms with Crippen LogP contribution in [0.3, 0.4) is 0 Å². The molecule has 6 nitrogen and oxygen atoms in total. The highest BCUT2D eigenvalue weighted by Gasteiger charge is 2.34. The van der Waals surface area contributed by atoms with Crippen LogP contribution in [0.5, 0.6) is 5.75 Å². The van der Waals surface area contributed by atoms with Gasteiger partial charge < -0.3 is 21.5 Å². The fraction of sp³-hybridized carbons (Fsp3) is 0.231. The number of amides is 2. The van der Waals surface area contributed by atoms with E-state index < -0.39 is 17.9 Å². The number of primary amides is 1. The number of phenols is 1. The second kappa shape index (κ2) is 11.1. The minimum absolute atomic E-state index is 0.132. The fourth-order valence-electron chi connectivity index (χ4n) is 3.84. The molecular formula is C26H29N3O3. The van der Waals surface area contributed by atoms with Gasteiger partial charge in [0.05, 0.1) is 5.92 Å². The van der Waals surface area contributed by atoms with Crippen molar-refractivity contribution in [2.24, 2.45) is 11.5 Å². The number of hydrogen-bond donors (Lipinski definition) is 3. The zero-order chi connectivity index (χ0) is 22.9. The molecule has 0 radical (unpaired) electrons. The van der Waals surface area contributed by atoms with Gasteiger partial charge in [-0.2, -0.15) is 0 Å². The molecule has 3 aromatic rings. The number of aromatic hydroxyl groups is 1. The van der Waals surface area contributed by atoms with Crippen LogP contribution < -0.4 is 11.5 Å². The zero-order valence-corrected chi connectivity index (χ0v) is 17.9. The Balaban J connectivity index is 2.05. The summed E-state index contributed by atoms with van der Waals surface area (Å²) in [6, 6.07) is 24.8. The molecule has 6 heteroatoms. The summed E-state index contributed by atoms with van der Waals surface area (Å²) >= 11 is 0. The first-order valence-corrected chi connectivity index (χ1v) is 10.7. The van der Waals surface area contributed by atoms with Crippen molar-refractivity contribution in [2.45, 2.75) is 31.3 Å². The van der Waals surface area contributed by atoms with Crippen LogP contribution in [0.25, 0.3) is 0 Å². The minimum atomic E-state index is -0.797. The first kappa shape index (κ1) is 23.0. The largest absolute Gasteiger partial charge is 0.508 e. The number of rotatable bonds is 10. The maximum absolute atomic E-state index is 14.1. The van der Waals surface area contributed by atoms with Gasteiger partial charge in [0.15, 0.2) is 0 Å². The first-order chi connectivity index (χ1) is 15.5. The van der Waals surface area contributed by atoms with Crippen LogP contribution in [0.1, 0.15) is 35.4 Å². The Hall–Kier alpha value is -3.64. The summed E-state index contributed by atoms with van der Waals surface area (Å²) in [5.74, 6) is -1.23. The third-order valence-electron chi connectivity index (χ3n) is 5.47. The highest BCUT2D eigenvalue weighted by atomic mass is 16.3. The number of hydrogen-bond acceptors (Lipinski definition) is 4. The summed E-state index contributed by atoms with van der Waals surface area (Å²) in [6.45, 7) is 0.583. The Morgan fingerprint density at radius 3 is 1.84 bits per heavy atom. The van der Waals surface area contributed by atoms with E-state index in [4.69, 9.17) is 11.5 Å². The third kappa shape index (κ3) is 5.74. The topological polar surface area (TPSA) is 110 Å². The van der Waals surface area contributed by atoms with Crippen molar-refractivity contribution in [3.63, 3.8) is 0 Å². The SMILES string of the molecule is NCCC[C@H](C(N)=O)N(Cc1ccc(O)cc1)C(=O)C(c1ccccc1)c1ccccc1. The second-order valence-electron chi connectivity index (χ2n) is 7.74. The van der Waals surface area contributed by atoms with Crippen molar-refractivity contribution in [2.75, 3.05) is 6.54 Å². The lowest BCUT2D eigenvalue weighted by Gasteiger charge is -2.33. The molecule has 0 unspecified atom stereocenters. The molecule has 1 atom stereocenters. The van der Waals surface area contributed by atoms with Crippen LogP contribution in [0, 0.1) is 0 Å². The van der Waals surface area contributed by atoms with Crippen LogP contribution >= 0.6 is 0 Å². The van der Waals surface area contributed by atoms with Crippen molar-refractivity contribution in [3.8, 4) is 5.75 Å². The molecule has 0 saturated carbocycles. The Morgan fingerprint density at radius 2 is 1.38 bits per heavy atom. The van der Waals surface area contributed by atoms with Crippen molar-refractivity contribution in [3.05, 3.63) is 102 Å². The minimum Gasteiger partial charge on any atom is -0.508 e. The number of nitrogens with two attached hydrogens (primary N) is 2. The zero-order valence-electron chi connectivity index (χ0n) is 17.9. The molecule has 0 aromatic heterocycles. The highest BCUT2D eigenvalue weighted by molar-refractivity contribution is 5.92. The molecule has 0 fully saturated rings. The van der Waals surface area contributed by atoms with Crippen molar-refractivity contribution >= 4 is 11.8 Å². The lowest BCUT2D eigenvalue weighted by atomic mass is 9.89. The summed E-state index contributed by atoms with van der Waals surface area (Å²) < 4.78 is 0. The van der Waals surface area contributed by atoms with E-state index in [1.165, 1.54) is 0 Å². The molecule has 0 heterocycles. The van der Waals surface area contributed by atoms with E-state index in [1.54, 1.807) is 29.2 Å². The number of benzene rings is 3. The molecule has 0 aliphatic rings.